The molecule has 0 aliphatic carbocycles. The lowest BCUT2D eigenvalue weighted by Gasteiger charge is -2.10. The minimum Gasteiger partial charge on any atom is -0.484 e. The summed E-state index contributed by atoms with van der Waals surface area (Å²) in [4.78, 5) is 24.4. The van der Waals surface area contributed by atoms with E-state index < -0.39 is 11.8 Å². The van der Waals surface area contributed by atoms with E-state index in [0.717, 1.165) is 22.3 Å². The highest BCUT2D eigenvalue weighted by Crippen LogP contribution is 2.24. The van der Waals surface area contributed by atoms with Crippen molar-refractivity contribution in [2.75, 3.05) is 6.61 Å². The van der Waals surface area contributed by atoms with Gasteiger partial charge in [0.15, 0.2) is 6.61 Å². The molecule has 0 bridgehead atoms. The van der Waals surface area contributed by atoms with Gasteiger partial charge in [0.1, 0.15) is 5.75 Å². The van der Waals surface area contributed by atoms with Crippen LogP contribution in [0.25, 0.3) is 22.9 Å². The van der Waals surface area contributed by atoms with Crippen LogP contribution in [0.2, 0.25) is 0 Å². The quantitative estimate of drug-likeness (QED) is 0.422. The van der Waals surface area contributed by atoms with E-state index in [1.807, 2.05) is 63.2 Å². The molecule has 4 aromatic rings. The average molecular weight is 457 g/mol. The van der Waals surface area contributed by atoms with E-state index in [9.17, 15) is 9.59 Å². The molecule has 0 unspecified atom stereocenters. The van der Waals surface area contributed by atoms with Gasteiger partial charge < -0.3 is 9.15 Å². The zero-order chi connectivity index (χ0) is 24.1. The Hall–Kier alpha value is -4.46. The largest absolute Gasteiger partial charge is 0.484 e. The van der Waals surface area contributed by atoms with Gasteiger partial charge in [-0.3, -0.25) is 20.4 Å². The Bertz CT molecular complexity index is 1290. The number of nitrogens with one attached hydrogen (secondary N) is 2. The minimum absolute atomic E-state index is 0.220. The third-order valence-electron chi connectivity index (χ3n) is 5.00. The molecule has 0 atom stereocenters. The molecule has 0 fully saturated rings. The number of rotatable bonds is 6. The lowest BCUT2D eigenvalue weighted by Crippen LogP contribution is -2.43. The number of ether oxygens (including phenoxy) is 1. The molecular formula is C26H24N4O4. The molecule has 0 aliphatic heterocycles. The molecule has 3 aromatic carbocycles. The minimum atomic E-state index is -0.473. The second kappa shape index (κ2) is 9.99. The molecule has 0 saturated heterocycles. The number of carbonyl (C=O) groups is 2. The van der Waals surface area contributed by atoms with Gasteiger partial charge in [0.05, 0.1) is 0 Å². The van der Waals surface area contributed by atoms with Gasteiger partial charge in [0.2, 0.25) is 11.8 Å². The summed E-state index contributed by atoms with van der Waals surface area (Å²) in [5, 5.41) is 8.18. The Morgan fingerprint density at radius 3 is 1.91 bits per heavy atom. The predicted octanol–water partition coefficient (Wildman–Crippen LogP) is 4.17. The highest BCUT2D eigenvalue weighted by molar-refractivity contribution is 5.95. The molecule has 0 radical (unpaired) electrons. The van der Waals surface area contributed by atoms with Gasteiger partial charge in [-0.25, -0.2) is 0 Å². The zero-order valence-electron chi connectivity index (χ0n) is 19.1. The summed E-state index contributed by atoms with van der Waals surface area (Å²) >= 11 is 0. The molecule has 0 aliphatic rings. The predicted molar refractivity (Wildman–Crippen MR) is 127 cm³/mol. The van der Waals surface area contributed by atoms with Crippen molar-refractivity contribution in [1.82, 2.24) is 21.0 Å². The molecule has 8 nitrogen and oxygen atoms in total. The fourth-order valence-electron chi connectivity index (χ4n) is 3.32. The Morgan fingerprint density at radius 1 is 0.765 bits per heavy atom. The monoisotopic (exact) mass is 456 g/mol. The number of hydrogen-bond acceptors (Lipinski definition) is 6. The molecule has 1 heterocycles. The van der Waals surface area contributed by atoms with Crippen molar-refractivity contribution in [2.45, 2.75) is 20.8 Å². The van der Waals surface area contributed by atoms with Crippen LogP contribution in [0.15, 0.2) is 71.1 Å². The maximum atomic E-state index is 12.4. The van der Waals surface area contributed by atoms with Gasteiger partial charge in [0.25, 0.3) is 11.8 Å². The second-order valence-corrected chi connectivity index (χ2v) is 7.97. The Kier molecular flexibility index (Phi) is 6.68. The summed E-state index contributed by atoms with van der Waals surface area (Å²) in [6, 6.07) is 20.1. The number of carbonyl (C=O) groups excluding carboxylic acids is 2. The fraction of sp³-hybridized carbons (Fsp3) is 0.154. The van der Waals surface area contributed by atoms with Crippen LogP contribution in [0.5, 0.6) is 5.75 Å². The molecule has 2 amide bonds. The summed E-state index contributed by atoms with van der Waals surface area (Å²) in [7, 11) is 0. The Labute approximate surface area is 197 Å². The van der Waals surface area contributed by atoms with Gasteiger partial charge in [-0.05, 0) is 80.4 Å². The van der Waals surface area contributed by atoms with Crippen molar-refractivity contribution in [3.05, 3.63) is 89.0 Å². The standard InChI is InChI=1S/C26H24N4O4/c1-16-4-6-20(7-5-16)25-29-30-26(34-25)21-10-8-19(9-11-21)24(32)28-27-23(31)15-33-22-13-17(2)12-18(3)14-22/h4-14H,15H2,1-3H3,(H,27,31)(H,28,32). The first-order valence-corrected chi connectivity index (χ1v) is 10.7. The van der Waals surface area contributed by atoms with Crippen molar-refractivity contribution in [1.29, 1.82) is 0 Å². The number of aryl methyl sites for hydroxylation is 3. The normalized spacial score (nSPS) is 10.6. The van der Waals surface area contributed by atoms with Gasteiger partial charge in [-0.2, -0.15) is 0 Å². The topological polar surface area (TPSA) is 106 Å². The van der Waals surface area contributed by atoms with Crippen molar-refractivity contribution in [2.24, 2.45) is 0 Å². The lowest BCUT2D eigenvalue weighted by atomic mass is 10.1. The van der Waals surface area contributed by atoms with Crippen molar-refractivity contribution in [3.8, 4) is 28.7 Å². The molecule has 0 saturated carbocycles. The number of benzene rings is 3. The van der Waals surface area contributed by atoms with Crippen LogP contribution in [0.3, 0.4) is 0 Å². The summed E-state index contributed by atoms with van der Waals surface area (Å²) < 4.78 is 11.2. The van der Waals surface area contributed by atoms with Crippen LogP contribution in [-0.4, -0.2) is 28.6 Å². The van der Waals surface area contributed by atoms with Crippen LogP contribution >= 0.6 is 0 Å². The van der Waals surface area contributed by atoms with Crippen LogP contribution in [0.1, 0.15) is 27.0 Å². The smallest absolute Gasteiger partial charge is 0.276 e. The van der Waals surface area contributed by atoms with E-state index in [4.69, 9.17) is 9.15 Å². The number of hydrazine groups is 1. The third kappa shape index (κ3) is 5.66. The summed E-state index contributed by atoms with van der Waals surface area (Å²) in [5.74, 6) is 0.430. The highest BCUT2D eigenvalue weighted by atomic mass is 16.5. The van der Waals surface area contributed by atoms with Crippen molar-refractivity contribution >= 4 is 11.8 Å². The average Bonchev–Trinajstić information content (AvgIpc) is 3.31. The first-order valence-electron chi connectivity index (χ1n) is 10.7. The highest BCUT2D eigenvalue weighted by Gasteiger charge is 2.13. The molecule has 8 heteroatoms. The van der Waals surface area contributed by atoms with Crippen LogP contribution in [0.4, 0.5) is 0 Å². The number of hydrogen-bond donors (Lipinski definition) is 2. The SMILES string of the molecule is Cc1ccc(-c2nnc(-c3ccc(C(=O)NNC(=O)COc4cc(C)cc(C)c4)cc3)o2)cc1. The zero-order valence-corrected chi connectivity index (χ0v) is 19.1. The van der Waals surface area contributed by atoms with Gasteiger partial charge in [-0.15, -0.1) is 10.2 Å². The van der Waals surface area contributed by atoms with Gasteiger partial charge in [0, 0.05) is 16.7 Å². The van der Waals surface area contributed by atoms with E-state index in [1.54, 1.807) is 24.3 Å². The Balaban J connectivity index is 1.31. The summed E-state index contributed by atoms with van der Waals surface area (Å²) in [5.41, 5.74) is 9.81. The first kappa shape index (κ1) is 22.7. The van der Waals surface area contributed by atoms with Gasteiger partial charge in [-0.1, -0.05) is 23.8 Å². The van der Waals surface area contributed by atoms with Crippen molar-refractivity contribution < 1.29 is 18.7 Å². The molecule has 172 valence electrons. The second-order valence-electron chi connectivity index (χ2n) is 7.97. The van der Waals surface area contributed by atoms with Crippen molar-refractivity contribution in [3.63, 3.8) is 0 Å². The molecular weight excluding hydrogens is 432 g/mol. The van der Waals surface area contributed by atoms with E-state index >= 15 is 0 Å². The van der Waals surface area contributed by atoms with Crippen LogP contribution < -0.4 is 15.6 Å². The number of nitrogens with zero attached hydrogens (tertiary/aromatic N) is 2. The van der Waals surface area contributed by atoms with E-state index in [0.29, 0.717) is 28.7 Å². The molecule has 0 spiro atoms. The fourth-order valence-corrected chi connectivity index (χ4v) is 3.32. The Morgan fingerprint density at radius 2 is 1.32 bits per heavy atom. The lowest BCUT2D eigenvalue weighted by molar-refractivity contribution is -0.123. The van der Waals surface area contributed by atoms with E-state index in [2.05, 4.69) is 21.0 Å². The third-order valence-corrected chi connectivity index (χ3v) is 5.00. The first-order chi connectivity index (χ1) is 16.4. The number of aromatic nitrogens is 2. The molecule has 34 heavy (non-hydrogen) atoms. The van der Waals surface area contributed by atoms with E-state index in [1.165, 1.54) is 0 Å². The van der Waals surface area contributed by atoms with Gasteiger partial charge >= 0.3 is 0 Å². The molecule has 4 rings (SSSR count). The molecule has 2 N–H and O–H groups in total. The molecule has 1 aromatic heterocycles. The van der Waals surface area contributed by atoms with E-state index in [-0.39, 0.29) is 6.61 Å². The summed E-state index contributed by atoms with van der Waals surface area (Å²) in [6.07, 6.45) is 0. The maximum absolute atomic E-state index is 12.4. The maximum Gasteiger partial charge on any atom is 0.276 e. The summed E-state index contributed by atoms with van der Waals surface area (Å²) in [6.45, 7) is 5.69. The van der Waals surface area contributed by atoms with Crippen LogP contribution in [0, 0.1) is 20.8 Å². The number of amides is 2. The van der Waals surface area contributed by atoms with Crippen LogP contribution in [-0.2, 0) is 4.79 Å².